The van der Waals surface area contributed by atoms with E-state index in [9.17, 15) is 9.59 Å². The molecule has 1 aromatic rings. The molecule has 1 N–H and O–H groups in total. The van der Waals surface area contributed by atoms with Gasteiger partial charge in [0.25, 0.3) is 0 Å². The van der Waals surface area contributed by atoms with Crippen molar-refractivity contribution in [1.29, 1.82) is 0 Å². The van der Waals surface area contributed by atoms with Crippen molar-refractivity contribution in [2.45, 2.75) is 20.0 Å². The molecule has 0 atom stereocenters. The summed E-state index contributed by atoms with van der Waals surface area (Å²) in [5.74, 6) is -0.260. The minimum Gasteiger partial charge on any atom is -0.466 e. The van der Waals surface area contributed by atoms with Crippen molar-refractivity contribution in [3.8, 4) is 0 Å². The van der Waals surface area contributed by atoms with Crippen LogP contribution in [0.4, 0.5) is 4.79 Å². The summed E-state index contributed by atoms with van der Waals surface area (Å²) in [6.07, 6.45) is -0.226. The van der Waals surface area contributed by atoms with E-state index in [1.165, 1.54) is 0 Å². The fourth-order valence-corrected chi connectivity index (χ4v) is 1.93. The lowest BCUT2D eigenvalue weighted by atomic mass is 10.2. The Morgan fingerprint density at radius 1 is 0.852 bits per heavy atom. The number of amides is 1. The van der Waals surface area contributed by atoms with Crippen LogP contribution in [-0.2, 0) is 35.1 Å². The van der Waals surface area contributed by atoms with Crippen LogP contribution in [0.1, 0.15) is 18.9 Å². The first-order valence-electron chi connectivity index (χ1n) is 9.05. The Hall–Kier alpha value is -2.16. The maximum absolute atomic E-state index is 11.5. The molecule has 0 aliphatic carbocycles. The van der Waals surface area contributed by atoms with E-state index >= 15 is 0 Å². The van der Waals surface area contributed by atoms with Gasteiger partial charge in [0.15, 0.2) is 0 Å². The second kappa shape index (κ2) is 16.0. The predicted octanol–water partition coefficient (Wildman–Crippen LogP) is 1.92. The average Bonchev–Trinajstić information content (AvgIpc) is 2.68. The fourth-order valence-electron chi connectivity index (χ4n) is 1.93. The van der Waals surface area contributed by atoms with E-state index in [1.807, 2.05) is 30.3 Å². The molecule has 0 aliphatic heterocycles. The first-order chi connectivity index (χ1) is 13.2. The summed E-state index contributed by atoms with van der Waals surface area (Å²) >= 11 is 0. The van der Waals surface area contributed by atoms with E-state index in [0.717, 1.165) is 5.56 Å². The van der Waals surface area contributed by atoms with Gasteiger partial charge in [-0.15, -0.1) is 0 Å². The Morgan fingerprint density at radius 3 is 2.15 bits per heavy atom. The monoisotopic (exact) mass is 383 g/mol. The van der Waals surface area contributed by atoms with Crippen molar-refractivity contribution in [2.75, 3.05) is 52.8 Å². The smallest absolute Gasteiger partial charge is 0.407 e. The summed E-state index contributed by atoms with van der Waals surface area (Å²) in [5, 5.41) is 2.61. The van der Waals surface area contributed by atoms with E-state index in [1.54, 1.807) is 6.92 Å². The largest absolute Gasteiger partial charge is 0.466 e. The molecule has 0 fully saturated rings. The van der Waals surface area contributed by atoms with E-state index in [4.69, 9.17) is 23.7 Å². The van der Waals surface area contributed by atoms with Crippen LogP contribution in [0.5, 0.6) is 0 Å². The molecule has 1 aromatic carbocycles. The Balaban J connectivity index is 1.81. The number of nitrogens with one attached hydrogen (secondary N) is 1. The number of ether oxygens (including phenoxy) is 5. The number of hydrogen-bond donors (Lipinski definition) is 1. The van der Waals surface area contributed by atoms with Gasteiger partial charge >= 0.3 is 12.1 Å². The van der Waals surface area contributed by atoms with Crippen molar-refractivity contribution in [1.82, 2.24) is 5.32 Å². The van der Waals surface area contributed by atoms with E-state index in [2.05, 4.69) is 5.32 Å². The standard InChI is InChI=1S/C19H29NO7/c1-2-26-18(21)8-10-23-12-14-25-15-13-24-11-9-20-19(22)27-16-17-6-4-3-5-7-17/h3-7H,2,8-16H2,1H3,(H,20,22). The molecule has 0 saturated carbocycles. The maximum Gasteiger partial charge on any atom is 0.407 e. The third kappa shape index (κ3) is 13.7. The van der Waals surface area contributed by atoms with Gasteiger partial charge in [0, 0.05) is 6.54 Å². The van der Waals surface area contributed by atoms with Crippen molar-refractivity contribution < 1.29 is 33.3 Å². The van der Waals surface area contributed by atoms with Crippen molar-refractivity contribution in [3.63, 3.8) is 0 Å². The molecule has 1 amide bonds. The lowest BCUT2D eigenvalue weighted by molar-refractivity contribution is -0.144. The molecule has 1 rings (SSSR count). The quantitative estimate of drug-likeness (QED) is 0.365. The number of esters is 1. The van der Waals surface area contributed by atoms with Gasteiger partial charge in [0.1, 0.15) is 6.61 Å². The molecule has 0 radical (unpaired) electrons. The van der Waals surface area contributed by atoms with E-state index in [-0.39, 0.29) is 19.0 Å². The highest BCUT2D eigenvalue weighted by atomic mass is 16.6. The number of carbonyl (C=O) groups excluding carboxylic acids is 2. The molecule has 0 bridgehead atoms. The Labute approximate surface area is 160 Å². The summed E-state index contributed by atoms with van der Waals surface area (Å²) in [4.78, 5) is 22.6. The molecule has 27 heavy (non-hydrogen) atoms. The number of alkyl carbamates (subject to hydrolysis) is 1. The lowest BCUT2D eigenvalue weighted by Gasteiger charge is -2.08. The molecule has 0 spiro atoms. The zero-order valence-corrected chi connectivity index (χ0v) is 15.8. The van der Waals surface area contributed by atoms with Gasteiger partial charge < -0.3 is 29.0 Å². The summed E-state index contributed by atoms with van der Waals surface area (Å²) in [6, 6.07) is 9.47. The van der Waals surface area contributed by atoms with Gasteiger partial charge in [-0.05, 0) is 12.5 Å². The molecule has 152 valence electrons. The van der Waals surface area contributed by atoms with E-state index in [0.29, 0.717) is 52.8 Å². The molecule has 8 nitrogen and oxygen atoms in total. The van der Waals surface area contributed by atoms with Crippen LogP contribution < -0.4 is 5.32 Å². The van der Waals surface area contributed by atoms with Crippen LogP contribution in [0.2, 0.25) is 0 Å². The fraction of sp³-hybridized carbons (Fsp3) is 0.579. The van der Waals surface area contributed by atoms with Crippen LogP contribution in [0.3, 0.4) is 0 Å². The molecule has 8 heteroatoms. The van der Waals surface area contributed by atoms with Crippen LogP contribution in [0.15, 0.2) is 30.3 Å². The summed E-state index contributed by atoms with van der Waals surface area (Å²) in [6.45, 7) is 5.14. The van der Waals surface area contributed by atoms with Crippen molar-refractivity contribution in [2.24, 2.45) is 0 Å². The predicted molar refractivity (Wildman–Crippen MR) is 98.3 cm³/mol. The van der Waals surface area contributed by atoms with E-state index < -0.39 is 6.09 Å². The van der Waals surface area contributed by atoms with Crippen LogP contribution >= 0.6 is 0 Å². The molecule has 0 heterocycles. The number of rotatable bonds is 15. The highest BCUT2D eigenvalue weighted by Gasteiger charge is 2.02. The molecule has 0 aliphatic rings. The molecule has 0 unspecified atom stereocenters. The summed E-state index contributed by atoms with van der Waals surface area (Å²) in [5.41, 5.74) is 0.936. The van der Waals surface area contributed by atoms with Gasteiger partial charge in [0.2, 0.25) is 0 Å². The average molecular weight is 383 g/mol. The van der Waals surface area contributed by atoms with Gasteiger partial charge in [-0.3, -0.25) is 4.79 Å². The number of hydrogen-bond acceptors (Lipinski definition) is 7. The maximum atomic E-state index is 11.5. The minimum absolute atomic E-state index is 0.239. The van der Waals surface area contributed by atoms with Crippen molar-refractivity contribution in [3.05, 3.63) is 35.9 Å². The summed E-state index contributed by atoms with van der Waals surface area (Å²) in [7, 11) is 0. The third-order valence-electron chi connectivity index (χ3n) is 3.23. The highest BCUT2D eigenvalue weighted by molar-refractivity contribution is 5.69. The summed E-state index contributed by atoms with van der Waals surface area (Å²) < 4.78 is 25.8. The van der Waals surface area contributed by atoms with Gasteiger partial charge in [-0.25, -0.2) is 4.79 Å². The molecular weight excluding hydrogens is 354 g/mol. The van der Waals surface area contributed by atoms with Gasteiger partial charge in [-0.2, -0.15) is 0 Å². The second-order valence-corrected chi connectivity index (χ2v) is 5.38. The number of carbonyl (C=O) groups is 2. The van der Waals surface area contributed by atoms with Crippen LogP contribution in [0.25, 0.3) is 0 Å². The number of benzene rings is 1. The SMILES string of the molecule is CCOC(=O)CCOCCOCCOCCNC(=O)OCc1ccccc1. The van der Waals surface area contributed by atoms with Crippen LogP contribution in [-0.4, -0.2) is 64.9 Å². The molecular formula is C19H29NO7. The Kier molecular flexibility index (Phi) is 13.6. The normalized spacial score (nSPS) is 10.4. The first kappa shape index (κ1) is 22.9. The zero-order valence-electron chi connectivity index (χ0n) is 15.8. The lowest BCUT2D eigenvalue weighted by Crippen LogP contribution is -2.28. The topological polar surface area (TPSA) is 92.3 Å². The molecule has 0 aromatic heterocycles. The molecule has 0 saturated heterocycles. The van der Waals surface area contributed by atoms with Gasteiger partial charge in [-0.1, -0.05) is 30.3 Å². The Bertz CT molecular complexity index is 510. The zero-order chi connectivity index (χ0) is 19.6. The highest BCUT2D eigenvalue weighted by Crippen LogP contribution is 2.00. The minimum atomic E-state index is -0.473. The Morgan fingerprint density at radius 2 is 1.48 bits per heavy atom. The third-order valence-corrected chi connectivity index (χ3v) is 3.23. The van der Waals surface area contributed by atoms with Crippen molar-refractivity contribution >= 4 is 12.1 Å². The second-order valence-electron chi connectivity index (χ2n) is 5.38. The first-order valence-corrected chi connectivity index (χ1v) is 9.05. The van der Waals surface area contributed by atoms with Crippen LogP contribution in [0, 0.1) is 0 Å². The van der Waals surface area contributed by atoms with Gasteiger partial charge in [0.05, 0.1) is 52.7 Å².